The van der Waals surface area contributed by atoms with E-state index in [9.17, 15) is 8.78 Å². The Hall–Kier alpha value is -1.70. The van der Waals surface area contributed by atoms with Gasteiger partial charge < -0.3 is 10.6 Å². The molecule has 1 unspecified atom stereocenters. The molecule has 0 bridgehead atoms. The van der Waals surface area contributed by atoms with E-state index < -0.39 is 6.55 Å². The second-order valence-electron chi connectivity index (χ2n) is 6.24. The molecule has 2 heterocycles. The van der Waals surface area contributed by atoms with Crippen LogP contribution in [0.25, 0.3) is 0 Å². The summed E-state index contributed by atoms with van der Waals surface area (Å²) in [5, 5.41) is 6.45. The molecule has 1 fully saturated rings. The van der Waals surface area contributed by atoms with Crippen molar-refractivity contribution in [2.24, 2.45) is 4.99 Å². The third kappa shape index (κ3) is 5.95. The number of aliphatic imine (C=N–C) groups is 1. The second kappa shape index (κ2) is 10.3. The lowest BCUT2D eigenvalue weighted by Gasteiger charge is -2.35. The van der Waals surface area contributed by atoms with Crippen LogP contribution in [0, 0.1) is 0 Å². The van der Waals surface area contributed by atoms with Crippen molar-refractivity contribution in [3.63, 3.8) is 0 Å². The number of likely N-dealkylation sites (tertiary alicyclic amines) is 1. The van der Waals surface area contributed by atoms with Crippen LogP contribution in [0.4, 0.5) is 8.78 Å². The molecule has 1 aromatic rings. The zero-order valence-electron chi connectivity index (χ0n) is 15.2. The number of hydrogen-bond acceptors (Lipinski definition) is 3. The summed E-state index contributed by atoms with van der Waals surface area (Å²) in [7, 11) is 0. The minimum Gasteiger partial charge on any atom is -0.357 e. The van der Waals surface area contributed by atoms with Gasteiger partial charge in [-0.25, -0.2) is 9.98 Å². The summed E-state index contributed by atoms with van der Waals surface area (Å²) in [6, 6.07) is 0.675. The van der Waals surface area contributed by atoms with Gasteiger partial charge in [0.25, 0.3) is 0 Å². The Morgan fingerprint density at radius 1 is 1.36 bits per heavy atom. The van der Waals surface area contributed by atoms with Gasteiger partial charge in [0, 0.05) is 38.1 Å². The number of nitrogens with one attached hydrogen (secondary N) is 2. The summed E-state index contributed by atoms with van der Waals surface area (Å²) in [5.41, 5.74) is 0. The lowest BCUT2D eigenvalue weighted by molar-refractivity contribution is 0.0671. The first-order valence-electron chi connectivity index (χ1n) is 9.21. The molecular formula is C17H30F2N6. The molecular weight excluding hydrogens is 326 g/mol. The average Bonchev–Trinajstić information content (AvgIpc) is 3.09. The number of rotatable bonds is 8. The average molecular weight is 356 g/mol. The lowest BCUT2D eigenvalue weighted by Crippen LogP contribution is -2.45. The molecule has 1 aliphatic rings. The van der Waals surface area contributed by atoms with Crippen molar-refractivity contribution in [3.8, 4) is 0 Å². The normalized spacial score (nSPS) is 19.4. The van der Waals surface area contributed by atoms with Crippen LogP contribution in [0.15, 0.2) is 17.4 Å². The number of hydrogen-bond donors (Lipinski definition) is 2. The van der Waals surface area contributed by atoms with Gasteiger partial charge in [0.05, 0.1) is 0 Å². The summed E-state index contributed by atoms with van der Waals surface area (Å²) >= 11 is 0. The van der Waals surface area contributed by atoms with E-state index >= 15 is 0 Å². The standard InChI is InChI=1S/C17H30F2N6/c1-3-14-7-5-6-10-24(14)11-8-22-17(20-4-2)23-13-15-21-9-12-25(15)16(18)19/h9,12,14,16H,3-8,10-11,13H2,1-2H3,(H2,20,22,23). The molecule has 25 heavy (non-hydrogen) atoms. The quantitative estimate of drug-likeness (QED) is 0.555. The molecule has 1 aromatic heterocycles. The maximum Gasteiger partial charge on any atom is 0.319 e. The highest BCUT2D eigenvalue weighted by Gasteiger charge is 2.20. The predicted octanol–water partition coefficient (Wildman–Crippen LogP) is 2.60. The molecule has 0 saturated carbocycles. The molecule has 0 aliphatic carbocycles. The molecule has 2 rings (SSSR count). The first-order valence-corrected chi connectivity index (χ1v) is 9.21. The highest BCUT2D eigenvalue weighted by Crippen LogP contribution is 2.18. The summed E-state index contributed by atoms with van der Waals surface area (Å²) in [5.74, 6) is 0.894. The molecule has 1 atom stereocenters. The minimum atomic E-state index is -2.59. The first-order chi connectivity index (χ1) is 12.2. The van der Waals surface area contributed by atoms with Crippen LogP contribution in [0.3, 0.4) is 0 Å². The topological polar surface area (TPSA) is 57.5 Å². The third-order valence-corrected chi connectivity index (χ3v) is 4.59. The number of halogens is 2. The van der Waals surface area contributed by atoms with E-state index in [4.69, 9.17) is 0 Å². The van der Waals surface area contributed by atoms with Crippen LogP contribution in [0.2, 0.25) is 0 Å². The Morgan fingerprint density at radius 3 is 2.92 bits per heavy atom. The van der Waals surface area contributed by atoms with Crippen molar-refractivity contribution in [1.29, 1.82) is 0 Å². The highest BCUT2D eigenvalue weighted by molar-refractivity contribution is 5.79. The molecule has 2 N–H and O–H groups in total. The Morgan fingerprint density at radius 2 is 2.20 bits per heavy atom. The van der Waals surface area contributed by atoms with E-state index in [0.717, 1.165) is 30.7 Å². The molecule has 6 nitrogen and oxygen atoms in total. The maximum absolute atomic E-state index is 12.8. The number of alkyl halides is 2. The SMILES string of the molecule is CCNC(=NCc1nccn1C(F)F)NCCN1CCCCC1CC. The fraction of sp³-hybridized carbons (Fsp3) is 0.765. The van der Waals surface area contributed by atoms with Gasteiger partial charge in [0.1, 0.15) is 12.4 Å². The van der Waals surface area contributed by atoms with Crippen LogP contribution in [-0.2, 0) is 6.54 Å². The van der Waals surface area contributed by atoms with Gasteiger partial charge in [-0.1, -0.05) is 13.3 Å². The minimum absolute atomic E-state index is 0.119. The van der Waals surface area contributed by atoms with Crippen LogP contribution in [0.1, 0.15) is 51.9 Å². The van der Waals surface area contributed by atoms with Gasteiger partial charge in [-0.05, 0) is 32.7 Å². The predicted molar refractivity (Wildman–Crippen MR) is 95.8 cm³/mol. The number of imidazole rings is 1. The van der Waals surface area contributed by atoms with Crippen molar-refractivity contribution in [2.75, 3.05) is 26.2 Å². The smallest absolute Gasteiger partial charge is 0.319 e. The largest absolute Gasteiger partial charge is 0.357 e. The van der Waals surface area contributed by atoms with Crippen LogP contribution >= 0.6 is 0 Å². The van der Waals surface area contributed by atoms with Crippen LogP contribution in [0.5, 0.6) is 0 Å². The monoisotopic (exact) mass is 356 g/mol. The Balaban J connectivity index is 1.86. The van der Waals surface area contributed by atoms with Crippen molar-refractivity contribution >= 4 is 5.96 Å². The zero-order valence-corrected chi connectivity index (χ0v) is 15.2. The highest BCUT2D eigenvalue weighted by atomic mass is 19.3. The number of piperidine rings is 1. The van der Waals surface area contributed by atoms with E-state index in [0.29, 0.717) is 12.0 Å². The zero-order chi connectivity index (χ0) is 18.1. The molecule has 0 aromatic carbocycles. The molecule has 1 saturated heterocycles. The van der Waals surface area contributed by atoms with E-state index in [2.05, 4.69) is 32.4 Å². The van der Waals surface area contributed by atoms with Crippen LogP contribution in [-0.4, -0.2) is 52.6 Å². The summed E-state index contributed by atoms with van der Waals surface area (Å²) in [6.45, 7) is 5.38. The van der Waals surface area contributed by atoms with Gasteiger partial charge in [0.2, 0.25) is 0 Å². The van der Waals surface area contributed by atoms with E-state index in [-0.39, 0.29) is 12.4 Å². The first kappa shape index (κ1) is 19.6. The molecule has 1 aliphatic heterocycles. The van der Waals surface area contributed by atoms with Gasteiger partial charge in [-0.15, -0.1) is 0 Å². The van der Waals surface area contributed by atoms with Gasteiger partial charge >= 0.3 is 6.55 Å². The Bertz CT molecular complexity index is 531. The number of nitrogens with zero attached hydrogens (tertiary/aromatic N) is 4. The molecule has 8 heteroatoms. The lowest BCUT2D eigenvalue weighted by atomic mass is 10.0. The summed E-state index contributed by atoms with van der Waals surface area (Å²) in [6.07, 6.45) is 7.70. The second-order valence-corrected chi connectivity index (χ2v) is 6.24. The summed E-state index contributed by atoms with van der Waals surface area (Å²) in [4.78, 5) is 10.9. The maximum atomic E-state index is 12.8. The van der Waals surface area contributed by atoms with Gasteiger partial charge in [-0.3, -0.25) is 9.47 Å². The fourth-order valence-corrected chi connectivity index (χ4v) is 3.27. The van der Waals surface area contributed by atoms with Gasteiger partial charge in [0.15, 0.2) is 5.96 Å². The molecule has 0 spiro atoms. The van der Waals surface area contributed by atoms with Crippen LogP contribution < -0.4 is 10.6 Å². The van der Waals surface area contributed by atoms with E-state index in [1.54, 1.807) is 0 Å². The number of guanidine groups is 1. The summed E-state index contributed by atoms with van der Waals surface area (Å²) < 4.78 is 26.5. The molecule has 0 radical (unpaired) electrons. The van der Waals surface area contributed by atoms with Gasteiger partial charge in [-0.2, -0.15) is 8.78 Å². The fourth-order valence-electron chi connectivity index (χ4n) is 3.27. The van der Waals surface area contributed by atoms with E-state index in [1.807, 2.05) is 6.92 Å². The van der Waals surface area contributed by atoms with Crippen molar-refractivity contribution in [1.82, 2.24) is 25.1 Å². The molecule has 142 valence electrons. The van der Waals surface area contributed by atoms with E-state index in [1.165, 1.54) is 38.1 Å². The van der Waals surface area contributed by atoms with Crippen molar-refractivity contribution in [2.45, 2.75) is 58.7 Å². The Labute approximate surface area is 148 Å². The Kier molecular flexibility index (Phi) is 8.11. The van der Waals surface area contributed by atoms with Crippen molar-refractivity contribution < 1.29 is 8.78 Å². The number of aromatic nitrogens is 2. The van der Waals surface area contributed by atoms with Crippen molar-refractivity contribution in [3.05, 3.63) is 18.2 Å². The third-order valence-electron chi connectivity index (χ3n) is 4.59. The molecule has 0 amide bonds.